The number of hydrogen-bond acceptors (Lipinski definition) is 1. The first-order chi connectivity index (χ1) is 11.2. The quantitative estimate of drug-likeness (QED) is 0.723. The number of urea groups is 1. The van der Waals surface area contributed by atoms with Gasteiger partial charge in [-0.15, -0.1) is 0 Å². The number of nitrogens with zero attached hydrogens (tertiary/aromatic N) is 1. The van der Waals surface area contributed by atoms with Crippen LogP contribution in [0.4, 0.5) is 16.2 Å². The van der Waals surface area contributed by atoms with Gasteiger partial charge in [-0.1, -0.05) is 38.4 Å². The zero-order valence-corrected chi connectivity index (χ0v) is 15.7. The molecule has 2 aromatic rings. The van der Waals surface area contributed by atoms with E-state index in [2.05, 4.69) is 52.1 Å². The predicted octanol–water partition coefficient (Wildman–Crippen LogP) is 6.04. The highest BCUT2D eigenvalue weighted by molar-refractivity contribution is 6.30. The van der Waals surface area contributed by atoms with Crippen LogP contribution in [0.25, 0.3) is 0 Å². The lowest BCUT2D eigenvalue weighted by atomic mass is 9.95. The number of halogens is 1. The van der Waals surface area contributed by atoms with E-state index in [1.54, 1.807) is 29.2 Å². The first kappa shape index (κ1) is 18.3. The maximum absolute atomic E-state index is 12.9. The van der Waals surface area contributed by atoms with Crippen LogP contribution in [-0.4, -0.2) is 12.6 Å². The molecule has 2 aromatic carbocycles. The molecular formula is C20H25ClN2O. The molecule has 0 spiro atoms. The highest BCUT2D eigenvalue weighted by atomic mass is 35.5. The monoisotopic (exact) mass is 344 g/mol. The molecule has 0 aliphatic carbocycles. The van der Waals surface area contributed by atoms with Crippen LogP contribution < -0.4 is 10.2 Å². The van der Waals surface area contributed by atoms with Gasteiger partial charge in [0.05, 0.1) is 0 Å². The van der Waals surface area contributed by atoms with Crippen LogP contribution in [0.1, 0.15) is 31.9 Å². The second-order valence-electron chi connectivity index (χ2n) is 7.35. The van der Waals surface area contributed by atoms with Crippen LogP contribution in [-0.2, 0) is 0 Å². The Bertz CT molecular complexity index is 717. The van der Waals surface area contributed by atoms with E-state index in [-0.39, 0.29) is 11.4 Å². The molecule has 0 saturated heterocycles. The van der Waals surface area contributed by atoms with Crippen LogP contribution in [0.2, 0.25) is 5.02 Å². The van der Waals surface area contributed by atoms with Crippen molar-refractivity contribution in [3.8, 4) is 0 Å². The minimum absolute atomic E-state index is 0.0177. The fourth-order valence-electron chi connectivity index (χ4n) is 2.37. The average molecular weight is 345 g/mol. The summed E-state index contributed by atoms with van der Waals surface area (Å²) >= 11 is 5.90. The maximum atomic E-state index is 12.9. The van der Waals surface area contributed by atoms with Gasteiger partial charge < -0.3 is 5.32 Å². The number of carbonyl (C=O) groups excluding carboxylic acids is 1. The zero-order chi connectivity index (χ0) is 17.9. The Morgan fingerprint density at radius 3 is 2.21 bits per heavy atom. The Kier molecular flexibility index (Phi) is 5.55. The van der Waals surface area contributed by atoms with E-state index < -0.39 is 0 Å². The lowest BCUT2D eigenvalue weighted by Gasteiger charge is -2.30. The molecule has 0 radical (unpaired) electrons. The van der Waals surface area contributed by atoms with E-state index in [1.165, 1.54) is 11.1 Å². The third-order valence-electron chi connectivity index (χ3n) is 3.78. The van der Waals surface area contributed by atoms with Gasteiger partial charge in [-0.3, -0.25) is 4.90 Å². The van der Waals surface area contributed by atoms with Crippen molar-refractivity contribution in [3.63, 3.8) is 0 Å². The summed E-state index contributed by atoms with van der Waals surface area (Å²) < 4.78 is 0. The molecule has 2 rings (SSSR count). The van der Waals surface area contributed by atoms with Gasteiger partial charge in [0.25, 0.3) is 0 Å². The number of aryl methyl sites for hydroxylation is 2. The van der Waals surface area contributed by atoms with Gasteiger partial charge in [-0.2, -0.15) is 0 Å². The largest absolute Gasteiger partial charge is 0.326 e. The summed E-state index contributed by atoms with van der Waals surface area (Å²) in [6, 6.07) is 13.1. The smallest absolute Gasteiger partial charge is 0.308 e. The fourth-order valence-corrected chi connectivity index (χ4v) is 2.50. The second-order valence-corrected chi connectivity index (χ2v) is 7.79. The molecule has 0 aliphatic rings. The molecule has 0 heterocycles. The Morgan fingerprint density at radius 1 is 1.04 bits per heavy atom. The van der Waals surface area contributed by atoms with Crippen LogP contribution in [0.15, 0.2) is 42.5 Å². The molecule has 3 nitrogen and oxygen atoms in total. The topological polar surface area (TPSA) is 32.3 Å². The molecule has 1 N–H and O–H groups in total. The normalized spacial score (nSPS) is 11.2. The molecule has 0 fully saturated rings. The number of amides is 2. The number of carbonyl (C=O) groups is 1. The van der Waals surface area contributed by atoms with E-state index in [0.29, 0.717) is 11.6 Å². The number of hydrogen-bond donors (Lipinski definition) is 1. The summed E-state index contributed by atoms with van der Waals surface area (Å²) in [4.78, 5) is 14.6. The number of anilines is 2. The lowest BCUT2D eigenvalue weighted by molar-refractivity contribution is 0.253. The van der Waals surface area contributed by atoms with Gasteiger partial charge >= 0.3 is 6.03 Å². The molecule has 128 valence electrons. The van der Waals surface area contributed by atoms with Gasteiger partial charge in [-0.25, -0.2) is 4.79 Å². The van der Waals surface area contributed by atoms with Gasteiger partial charge in [-0.05, 0) is 66.8 Å². The average Bonchev–Trinajstić information content (AvgIpc) is 2.49. The first-order valence-electron chi connectivity index (χ1n) is 8.07. The number of benzene rings is 2. The van der Waals surface area contributed by atoms with Crippen molar-refractivity contribution in [2.45, 2.75) is 34.6 Å². The predicted molar refractivity (Wildman–Crippen MR) is 103 cm³/mol. The van der Waals surface area contributed by atoms with Crippen LogP contribution in [0.3, 0.4) is 0 Å². The molecule has 0 bridgehead atoms. The van der Waals surface area contributed by atoms with Gasteiger partial charge in [0.1, 0.15) is 0 Å². The highest BCUT2D eigenvalue weighted by Crippen LogP contribution is 2.25. The molecular weight excluding hydrogens is 320 g/mol. The van der Waals surface area contributed by atoms with Crippen molar-refractivity contribution in [1.29, 1.82) is 0 Å². The van der Waals surface area contributed by atoms with Crippen LogP contribution >= 0.6 is 11.6 Å². The molecule has 2 amide bonds. The summed E-state index contributed by atoms with van der Waals surface area (Å²) in [5, 5.41) is 3.60. The summed E-state index contributed by atoms with van der Waals surface area (Å²) in [6.45, 7) is 11.1. The Labute approximate surface area is 149 Å². The van der Waals surface area contributed by atoms with Gasteiger partial charge in [0.2, 0.25) is 0 Å². The Balaban J connectivity index is 2.29. The van der Waals surface area contributed by atoms with Crippen molar-refractivity contribution in [2.75, 3.05) is 16.8 Å². The minimum atomic E-state index is -0.143. The van der Waals surface area contributed by atoms with E-state index in [1.807, 2.05) is 6.07 Å². The lowest BCUT2D eigenvalue weighted by Crippen LogP contribution is -2.40. The summed E-state index contributed by atoms with van der Waals surface area (Å²) in [5.41, 5.74) is 4.00. The maximum Gasteiger partial charge on any atom is 0.326 e. The standard InChI is InChI=1S/C20H25ClN2O/c1-14-6-11-18(12-15(14)2)23(13-20(3,4)5)19(24)22-17-9-7-16(21)8-10-17/h6-12H,13H2,1-5H3,(H,22,24). The third-order valence-corrected chi connectivity index (χ3v) is 4.03. The molecule has 0 atom stereocenters. The first-order valence-corrected chi connectivity index (χ1v) is 8.45. The SMILES string of the molecule is Cc1ccc(N(CC(C)(C)C)C(=O)Nc2ccc(Cl)cc2)cc1C. The summed E-state index contributed by atoms with van der Waals surface area (Å²) in [7, 11) is 0. The molecule has 4 heteroatoms. The van der Waals surface area contributed by atoms with E-state index in [0.717, 1.165) is 11.4 Å². The molecule has 24 heavy (non-hydrogen) atoms. The zero-order valence-electron chi connectivity index (χ0n) is 15.0. The molecule has 0 saturated carbocycles. The molecule has 0 unspecified atom stereocenters. The highest BCUT2D eigenvalue weighted by Gasteiger charge is 2.23. The van der Waals surface area contributed by atoms with E-state index >= 15 is 0 Å². The van der Waals surface area contributed by atoms with Crippen molar-refractivity contribution in [3.05, 3.63) is 58.6 Å². The van der Waals surface area contributed by atoms with Crippen LogP contribution in [0, 0.1) is 19.3 Å². The Morgan fingerprint density at radius 2 is 1.67 bits per heavy atom. The van der Waals surface area contributed by atoms with Crippen molar-refractivity contribution < 1.29 is 4.79 Å². The van der Waals surface area contributed by atoms with E-state index in [9.17, 15) is 4.79 Å². The van der Waals surface area contributed by atoms with Crippen molar-refractivity contribution in [1.82, 2.24) is 0 Å². The van der Waals surface area contributed by atoms with E-state index in [4.69, 9.17) is 11.6 Å². The van der Waals surface area contributed by atoms with Crippen molar-refractivity contribution in [2.24, 2.45) is 5.41 Å². The molecule has 0 aromatic heterocycles. The van der Waals surface area contributed by atoms with Gasteiger partial charge in [0, 0.05) is 22.9 Å². The fraction of sp³-hybridized carbons (Fsp3) is 0.350. The minimum Gasteiger partial charge on any atom is -0.308 e. The van der Waals surface area contributed by atoms with Crippen LogP contribution in [0.5, 0.6) is 0 Å². The van der Waals surface area contributed by atoms with Crippen molar-refractivity contribution >= 4 is 29.0 Å². The summed E-state index contributed by atoms with van der Waals surface area (Å²) in [5.74, 6) is 0. The molecule has 0 aliphatic heterocycles. The summed E-state index contributed by atoms with van der Waals surface area (Å²) in [6.07, 6.45) is 0. The van der Waals surface area contributed by atoms with Gasteiger partial charge in [0.15, 0.2) is 0 Å². The Hall–Kier alpha value is -2.00. The second kappa shape index (κ2) is 7.27. The number of rotatable bonds is 3. The number of nitrogens with one attached hydrogen (secondary N) is 1. The third kappa shape index (κ3) is 5.00.